The van der Waals surface area contributed by atoms with E-state index in [9.17, 15) is 5.21 Å². The molecule has 0 aromatic heterocycles. The van der Waals surface area contributed by atoms with Crippen molar-refractivity contribution in [3.05, 3.63) is 17.1 Å². The minimum Gasteiger partial charge on any atom is -0.601 e. The van der Waals surface area contributed by atoms with E-state index in [0.29, 0.717) is 10.9 Å². The Labute approximate surface area is 63.9 Å². The molecule has 0 fully saturated rings. The van der Waals surface area contributed by atoms with Gasteiger partial charge in [-0.3, -0.25) is 4.99 Å². The van der Waals surface area contributed by atoms with E-state index in [1.54, 1.807) is 7.05 Å². The van der Waals surface area contributed by atoms with Crippen molar-refractivity contribution in [2.75, 3.05) is 14.1 Å². The number of quaternary nitrogens is 1. The molecule has 11 heavy (non-hydrogen) atoms. The topological polar surface area (TPSA) is 75.4 Å². The molecule has 6 nitrogen and oxygen atoms in total. The van der Waals surface area contributed by atoms with Crippen LogP contribution >= 0.6 is 0 Å². The second-order valence-electron chi connectivity index (χ2n) is 2.01. The number of aliphatic imine (C=N–C) groups is 1. The predicted octanol–water partition coefficient (Wildman–Crippen LogP) is -1.92. The molecule has 62 valence electrons. The standard InChI is InChI=1S/C5H10N4O2/c1-6-4-3-8(10)9(11)5(4)7-2/h3,6,8,11H,1-2H3. The zero-order valence-corrected chi connectivity index (χ0v) is 6.33. The smallest absolute Gasteiger partial charge is 0.234 e. The third kappa shape index (κ3) is 1.18. The third-order valence-corrected chi connectivity index (χ3v) is 1.40. The number of nitrogens with zero attached hydrogens (tertiary/aromatic N) is 2. The molecule has 0 aliphatic carbocycles. The van der Waals surface area contributed by atoms with Gasteiger partial charge in [0.05, 0.1) is 0 Å². The summed E-state index contributed by atoms with van der Waals surface area (Å²) in [6.07, 6.45) is 1.28. The van der Waals surface area contributed by atoms with Gasteiger partial charge in [-0.15, -0.1) is 0 Å². The summed E-state index contributed by atoms with van der Waals surface area (Å²) in [5, 5.41) is 22.6. The van der Waals surface area contributed by atoms with Crippen LogP contribution in [0.5, 0.6) is 0 Å². The summed E-state index contributed by atoms with van der Waals surface area (Å²) in [4.78, 5) is 3.71. The van der Waals surface area contributed by atoms with E-state index in [1.807, 2.05) is 0 Å². The van der Waals surface area contributed by atoms with Crippen molar-refractivity contribution in [2.45, 2.75) is 0 Å². The lowest BCUT2D eigenvalue weighted by molar-refractivity contribution is -0.945. The summed E-state index contributed by atoms with van der Waals surface area (Å²) in [5.74, 6) is 0.248. The highest BCUT2D eigenvalue weighted by molar-refractivity contribution is 5.96. The highest BCUT2D eigenvalue weighted by Gasteiger charge is 2.26. The van der Waals surface area contributed by atoms with Crippen molar-refractivity contribution in [3.63, 3.8) is 0 Å². The molecule has 3 N–H and O–H groups in total. The zero-order chi connectivity index (χ0) is 8.43. The Balaban J connectivity index is 2.88. The van der Waals surface area contributed by atoms with Crippen molar-refractivity contribution in [2.24, 2.45) is 4.99 Å². The minimum absolute atomic E-state index is 0.248. The van der Waals surface area contributed by atoms with E-state index < -0.39 is 5.17 Å². The van der Waals surface area contributed by atoms with Gasteiger partial charge in [-0.25, -0.2) is 10.4 Å². The fourth-order valence-corrected chi connectivity index (χ4v) is 0.867. The van der Waals surface area contributed by atoms with Crippen LogP contribution in [0.4, 0.5) is 0 Å². The maximum Gasteiger partial charge on any atom is 0.234 e. The molecule has 0 radical (unpaired) electrons. The van der Waals surface area contributed by atoms with Crippen LogP contribution in [-0.4, -0.2) is 30.3 Å². The van der Waals surface area contributed by atoms with Gasteiger partial charge in [-0.2, -0.15) is 0 Å². The highest BCUT2D eigenvalue weighted by atomic mass is 16.7. The van der Waals surface area contributed by atoms with Crippen molar-refractivity contribution < 1.29 is 10.4 Å². The highest BCUT2D eigenvalue weighted by Crippen LogP contribution is 1.97. The molecule has 1 atom stereocenters. The molecule has 1 aliphatic heterocycles. The van der Waals surface area contributed by atoms with E-state index in [2.05, 4.69) is 10.3 Å². The third-order valence-electron chi connectivity index (χ3n) is 1.40. The van der Waals surface area contributed by atoms with Crippen molar-refractivity contribution in [3.8, 4) is 0 Å². The predicted molar refractivity (Wildman–Crippen MR) is 38.5 cm³/mol. The van der Waals surface area contributed by atoms with E-state index in [1.165, 1.54) is 13.2 Å². The number of hydroxylamine groups is 2. The lowest BCUT2D eigenvalue weighted by Gasteiger charge is -2.19. The zero-order valence-electron chi connectivity index (χ0n) is 6.33. The first-order chi connectivity index (χ1) is 5.20. The van der Waals surface area contributed by atoms with Crippen molar-refractivity contribution >= 4 is 5.84 Å². The maximum absolute atomic E-state index is 10.8. The summed E-state index contributed by atoms with van der Waals surface area (Å²) < 4.78 is 0. The summed E-state index contributed by atoms with van der Waals surface area (Å²) in [6.45, 7) is 0. The molecular weight excluding hydrogens is 148 g/mol. The van der Waals surface area contributed by atoms with Crippen LogP contribution in [0.15, 0.2) is 16.9 Å². The Morgan fingerprint density at radius 2 is 2.45 bits per heavy atom. The van der Waals surface area contributed by atoms with E-state index >= 15 is 0 Å². The van der Waals surface area contributed by atoms with Gasteiger partial charge >= 0.3 is 0 Å². The SMILES string of the molecule is CN=C1C(NC)=C[NH+]([O-])N1O. The molecule has 1 heterocycles. The number of nitrogens with one attached hydrogen (secondary N) is 2. The number of amidine groups is 1. The average molecular weight is 158 g/mol. The van der Waals surface area contributed by atoms with Gasteiger partial charge < -0.3 is 10.5 Å². The monoisotopic (exact) mass is 158 g/mol. The molecule has 0 spiro atoms. The van der Waals surface area contributed by atoms with E-state index in [-0.39, 0.29) is 5.84 Å². The molecular formula is C5H10N4O2. The summed E-state index contributed by atoms with van der Waals surface area (Å²) in [7, 11) is 3.16. The van der Waals surface area contributed by atoms with Gasteiger partial charge in [-0.1, -0.05) is 5.17 Å². The van der Waals surface area contributed by atoms with Crippen LogP contribution in [0.3, 0.4) is 0 Å². The van der Waals surface area contributed by atoms with Crippen LogP contribution < -0.4 is 10.5 Å². The van der Waals surface area contributed by atoms with Crippen LogP contribution in [-0.2, 0) is 0 Å². The minimum atomic E-state index is -0.477. The molecule has 1 aliphatic rings. The van der Waals surface area contributed by atoms with Crippen LogP contribution in [0.1, 0.15) is 0 Å². The number of likely N-dealkylation sites (N-methyl/N-ethyl adjacent to an activating group) is 1. The summed E-state index contributed by atoms with van der Waals surface area (Å²) in [6, 6.07) is 0. The molecule has 0 saturated heterocycles. The van der Waals surface area contributed by atoms with Gasteiger partial charge in [0.25, 0.3) is 0 Å². The Kier molecular flexibility index (Phi) is 2.08. The molecule has 0 bridgehead atoms. The normalized spacial score (nSPS) is 27.6. The first-order valence-corrected chi connectivity index (χ1v) is 3.10. The van der Waals surface area contributed by atoms with Gasteiger partial charge in [0.1, 0.15) is 11.9 Å². The lowest BCUT2D eigenvalue weighted by Crippen LogP contribution is -3.08. The Morgan fingerprint density at radius 3 is 2.82 bits per heavy atom. The molecule has 0 amide bonds. The number of hydrogen-bond donors (Lipinski definition) is 3. The molecule has 0 aromatic rings. The molecule has 6 heteroatoms. The Hall–Kier alpha value is -1.11. The van der Waals surface area contributed by atoms with Gasteiger partial charge in [0.2, 0.25) is 5.84 Å². The molecule has 0 aromatic carbocycles. The van der Waals surface area contributed by atoms with Gasteiger partial charge in [0.15, 0.2) is 0 Å². The maximum atomic E-state index is 10.8. The Morgan fingerprint density at radius 1 is 1.82 bits per heavy atom. The molecule has 1 unspecified atom stereocenters. The van der Waals surface area contributed by atoms with Crippen LogP contribution in [0, 0.1) is 5.21 Å². The van der Waals surface area contributed by atoms with Gasteiger partial charge in [0, 0.05) is 14.1 Å². The van der Waals surface area contributed by atoms with E-state index in [4.69, 9.17) is 5.21 Å². The summed E-state index contributed by atoms with van der Waals surface area (Å²) in [5.41, 5.74) is 0.528. The Bertz CT molecular complexity index is 213. The molecule has 0 saturated carbocycles. The second kappa shape index (κ2) is 2.87. The first-order valence-electron chi connectivity index (χ1n) is 3.10. The number of rotatable bonds is 1. The fraction of sp³-hybridized carbons (Fsp3) is 0.400. The van der Waals surface area contributed by atoms with Crippen molar-refractivity contribution in [1.82, 2.24) is 10.5 Å². The average Bonchev–Trinajstić information content (AvgIpc) is 2.28. The fourth-order valence-electron chi connectivity index (χ4n) is 0.867. The first kappa shape index (κ1) is 7.99. The van der Waals surface area contributed by atoms with Crippen LogP contribution in [0.25, 0.3) is 0 Å². The van der Waals surface area contributed by atoms with Crippen LogP contribution in [0.2, 0.25) is 0 Å². The molecule has 1 rings (SSSR count). The summed E-state index contributed by atoms with van der Waals surface area (Å²) >= 11 is 0. The second-order valence-corrected chi connectivity index (χ2v) is 2.01. The van der Waals surface area contributed by atoms with Crippen molar-refractivity contribution in [1.29, 1.82) is 0 Å². The van der Waals surface area contributed by atoms with E-state index in [0.717, 1.165) is 0 Å². The van der Waals surface area contributed by atoms with Gasteiger partial charge in [-0.05, 0) is 0 Å². The largest absolute Gasteiger partial charge is 0.601 e. The lowest BCUT2D eigenvalue weighted by atomic mass is 10.4. The number of hydrogen-bond acceptors (Lipinski definition) is 4. The quantitative estimate of drug-likeness (QED) is 0.389.